The summed E-state index contributed by atoms with van der Waals surface area (Å²) < 4.78 is 36.3. The van der Waals surface area contributed by atoms with Gasteiger partial charge in [-0.1, -0.05) is 60.7 Å². The molecular formula is C29H35N5O3S. The standard InChI is InChI=1S/C29H35N5O3S/c1-33(2)20-21-34(22-23-10-6-4-7-11-23)38(35,36)30-19-18-27-28(24-14-16-26(37-3)17-15-24)32-29(31-27)25-12-8-5-9-13-25/h4-17,30H,18-22H2,1-3H3,(H,31,32). The Morgan fingerprint density at radius 3 is 2.16 bits per heavy atom. The van der Waals surface area contributed by atoms with E-state index in [1.807, 2.05) is 104 Å². The number of nitrogens with zero attached hydrogens (tertiary/aromatic N) is 3. The van der Waals surface area contributed by atoms with E-state index >= 15 is 0 Å². The zero-order chi connectivity index (χ0) is 27.0. The summed E-state index contributed by atoms with van der Waals surface area (Å²) in [5.74, 6) is 1.51. The average molecular weight is 534 g/mol. The van der Waals surface area contributed by atoms with Gasteiger partial charge in [-0.3, -0.25) is 0 Å². The zero-order valence-corrected chi connectivity index (χ0v) is 22.9. The molecule has 1 aromatic heterocycles. The van der Waals surface area contributed by atoms with Crippen molar-refractivity contribution in [3.63, 3.8) is 0 Å². The minimum atomic E-state index is -3.72. The number of likely N-dealkylation sites (N-methyl/N-ethyl adjacent to an activating group) is 1. The molecule has 0 saturated heterocycles. The highest BCUT2D eigenvalue weighted by Gasteiger charge is 2.22. The molecule has 2 N–H and O–H groups in total. The maximum absolute atomic E-state index is 13.3. The summed E-state index contributed by atoms with van der Waals surface area (Å²) in [5, 5.41) is 0. The van der Waals surface area contributed by atoms with E-state index < -0.39 is 10.2 Å². The summed E-state index contributed by atoms with van der Waals surface area (Å²) in [5.41, 5.74) is 4.51. The summed E-state index contributed by atoms with van der Waals surface area (Å²) in [6.45, 7) is 1.53. The maximum atomic E-state index is 13.3. The van der Waals surface area contributed by atoms with Crippen LogP contribution in [0.3, 0.4) is 0 Å². The molecular weight excluding hydrogens is 498 g/mol. The highest BCUT2D eigenvalue weighted by Crippen LogP contribution is 2.28. The van der Waals surface area contributed by atoms with Gasteiger partial charge in [0.25, 0.3) is 10.2 Å². The molecule has 4 aromatic rings. The zero-order valence-electron chi connectivity index (χ0n) is 22.1. The van der Waals surface area contributed by atoms with Crippen LogP contribution in [0.4, 0.5) is 0 Å². The number of aromatic nitrogens is 2. The summed E-state index contributed by atoms with van der Waals surface area (Å²) in [7, 11) is 1.79. The second kappa shape index (κ2) is 12.8. The van der Waals surface area contributed by atoms with E-state index in [1.54, 1.807) is 7.11 Å². The first-order valence-electron chi connectivity index (χ1n) is 12.6. The smallest absolute Gasteiger partial charge is 0.279 e. The number of imidazole rings is 1. The topological polar surface area (TPSA) is 90.6 Å². The lowest BCUT2D eigenvalue weighted by Crippen LogP contribution is -2.43. The van der Waals surface area contributed by atoms with Crippen LogP contribution in [0.2, 0.25) is 0 Å². The Labute approximate surface area is 225 Å². The molecule has 0 radical (unpaired) electrons. The van der Waals surface area contributed by atoms with Crippen molar-refractivity contribution in [2.45, 2.75) is 13.0 Å². The fraction of sp³-hybridized carbons (Fsp3) is 0.276. The predicted octanol–water partition coefficient (Wildman–Crippen LogP) is 4.19. The van der Waals surface area contributed by atoms with Crippen LogP contribution < -0.4 is 9.46 Å². The van der Waals surface area contributed by atoms with Gasteiger partial charge in [-0.2, -0.15) is 12.7 Å². The van der Waals surface area contributed by atoms with Crippen molar-refractivity contribution < 1.29 is 13.2 Å². The molecule has 0 amide bonds. The molecule has 3 aromatic carbocycles. The Kier molecular flexibility index (Phi) is 9.30. The van der Waals surface area contributed by atoms with Crippen molar-refractivity contribution in [2.75, 3.05) is 40.8 Å². The molecule has 8 nitrogen and oxygen atoms in total. The third-order valence-electron chi connectivity index (χ3n) is 6.19. The van der Waals surface area contributed by atoms with Crippen LogP contribution in [-0.2, 0) is 23.2 Å². The molecule has 0 fully saturated rings. The third-order valence-corrected chi connectivity index (χ3v) is 7.75. The highest BCUT2D eigenvalue weighted by atomic mass is 32.2. The summed E-state index contributed by atoms with van der Waals surface area (Å²) in [6.07, 6.45) is 0.427. The van der Waals surface area contributed by atoms with Gasteiger partial charge >= 0.3 is 0 Å². The van der Waals surface area contributed by atoms with Gasteiger partial charge in [-0.15, -0.1) is 0 Å². The number of ether oxygens (including phenoxy) is 1. The molecule has 9 heteroatoms. The minimum Gasteiger partial charge on any atom is -0.497 e. The third kappa shape index (κ3) is 7.29. The van der Waals surface area contributed by atoms with Gasteiger partial charge in [0.2, 0.25) is 0 Å². The van der Waals surface area contributed by atoms with Gasteiger partial charge in [0, 0.05) is 43.7 Å². The van der Waals surface area contributed by atoms with Crippen LogP contribution >= 0.6 is 0 Å². The largest absolute Gasteiger partial charge is 0.497 e. The van der Waals surface area contributed by atoms with Crippen molar-refractivity contribution in [3.8, 4) is 28.4 Å². The SMILES string of the molecule is COc1ccc(-c2[nH]c(-c3ccccc3)nc2CCNS(=O)(=O)N(CCN(C)C)Cc2ccccc2)cc1. The number of aromatic amines is 1. The van der Waals surface area contributed by atoms with Gasteiger partial charge in [0.05, 0.1) is 18.5 Å². The Balaban J connectivity index is 1.53. The molecule has 0 saturated carbocycles. The van der Waals surface area contributed by atoms with Crippen LogP contribution in [0.1, 0.15) is 11.3 Å². The van der Waals surface area contributed by atoms with Crippen molar-refractivity contribution in [2.24, 2.45) is 0 Å². The molecule has 0 unspecified atom stereocenters. The number of rotatable bonds is 13. The van der Waals surface area contributed by atoms with E-state index in [0.717, 1.165) is 39.7 Å². The van der Waals surface area contributed by atoms with Crippen LogP contribution in [0.5, 0.6) is 5.75 Å². The molecule has 38 heavy (non-hydrogen) atoms. The number of hydrogen-bond acceptors (Lipinski definition) is 5. The van der Waals surface area contributed by atoms with Gasteiger partial charge in [-0.05, 0) is 43.9 Å². The van der Waals surface area contributed by atoms with Gasteiger partial charge in [-0.25, -0.2) is 9.71 Å². The molecule has 0 aliphatic heterocycles. The fourth-order valence-electron chi connectivity index (χ4n) is 4.09. The number of nitrogens with one attached hydrogen (secondary N) is 2. The quantitative estimate of drug-likeness (QED) is 0.269. The molecule has 1 heterocycles. The van der Waals surface area contributed by atoms with E-state index in [0.29, 0.717) is 26.1 Å². The van der Waals surface area contributed by atoms with Crippen molar-refractivity contribution in [3.05, 3.63) is 96.2 Å². The maximum Gasteiger partial charge on any atom is 0.279 e. The Morgan fingerprint density at radius 1 is 0.868 bits per heavy atom. The van der Waals surface area contributed by atoms with E-state index in [-0.39, 0.29) is 6.54 Å². The average Bonchev–Trinajstić information content (AvgIpc) is 3.36. The van der Waals surface area contributed by atoms with Crippen LogP contribution in [0.25, 0.3) is 22.6 Å². The van der Waals surface area contributed by atoms with Gasteiger partial charge in [0.1, 0.15) is 11.6 Å². The van der Waals surface area contributed by atoms with E-state index in [4.69, 9.17) is 9.72 Å². The fourth-order valence-corrected chi connectivity index (χ4v) is 5.28. The van der Waals surface area contributed by atoms with Crippen molar-refractivity contribution in [1.82, 2.24) is 23.9 Å². The van der Waals surface area contributed by atoms with Gasteiger partial charge < -0.3 is 14.6 Å². The monoisotopic (exact) mass is 533 g/mol. The Morgan fingerprint density at radius 2 is 1.53 bits per heavy atom. The number of benzene rings is 3. The lowest BCUT2D eigenvalue weighted by Gasteiger charge is -2.24. The van der Waals surface area contributed by atoms with Crippen LogP contribution in [-0.4, -0.2) is 68.4 Å². The predicted molar refractivity (Wildman–Crippen MR) is 152 cm³/mol. The molecule has 0 bridgehead atoms. The van der Waals surface area contributed by atoms with Crippen molar-refractivity contribution in [1.29, 1.82) is 0 Å². The summed E-state index contributed by atoms with van der Waals surface area (Å²) >= 11 is 0. The minimum absolute atomic E-state index is 0.220. The Bertz CT molecular complexity index is 1390. The number of methoxy groups -OCH3 is 1. The number of hydrogen-bond donors (Lipinski definition) is 2. The molecule has 4 rings (SSSR count). The first kappa shape index (κ1) is 27.5. The first-order valence-corrected chi connectivity index (χ1v) is 14.0. The van der Waals surface area contributed by atoms with Gasteiger partial charge in [0.15, 0.2) is 0 Å². The van der Waals surface area contributed by atoms with Crippen molar-refractivity contribution >= 4 is 10.2 Å². The molecule has 0 spiro atoms. The Hall–Kier alpha value is -3.50. The molecule has 0 aliphatic carbocycles. The van der Waals surface area contributed by atoms with Crippen LogP contribution in [0, 0.1) is 0 Å². The number of H-pyrrole nitrogens is 1. The highest BCUT2D eigenvalue weighted by molar-refractivity contribution is 7.87. The second-order valence-electron chi connectivity index (χ2n) is 9.27. The molecule has 0 atom stereocenters. The second-order valence-corrected chi connectivity index (χ2v) is 11.0. The van der Waals surface area contributed by atoms with Crippen LogP contribution in [0.15, 0.2) is 84.9 Å². The summed E-state index contributed by atoms with van der Waals surface area (Å²) in [6, 6.07) is 27.3. The lowest BCUT2D eigenvalue weighted by molar-refractivity contribution is 0.326. The summed E-state index contributed by atoms with van der Waals surface area (Å²) in [4.78, 5) is 10.3. The lowest BCUT2D eigenvalue weighted by atomic mass is 10.1. The normalized spacial score (nSPS) is 11.8. The molecule has 0 aliphatic rings. The van der Waals surface area contributed by atoms with E-state index in [9.17, 15) is 8.42 Å². The van der Waals surface area contributed by atoms with E-state index in [1.165, 1.54) is 4.31 Å². The van der Waals surface area contributed by atoms with E-state index in [2.05, 4.69) is 9.71 Å². The first-order chi connectivity index (χ1) is 18.4. The molecule has 200 valence electrons.